The third kappa shape index (κ3) is 6.59. The second kappa shape index (κ2) is 10.2. The summed E-state index contributed by atoms with van der Waals surface area (Å²) in [6.07, 6.45) is 6.08. The predicted octanol–water partition coefficient (Wildman–Crippen LogP) is 6.30. The van der Waals surface area contributed by atoms with Gasteiger partial charge >= 0.3 is 12.1 Å². The van der Waals surface area contributed by atoms with Crippen molar-refractivity contribution >= 4 is 12.1 Å². The zero-order valence-electron chi connectivity index (χ0n) is 22.7. The van der Waals surface area contributed by atoms with Crippen molar-refractivity contribution in [2.45, 2.75) is 103 Å². The lowest BCUT2D eigenvalue weighted by Crippen LogP contribution is -2.47. The average molecular weight is 491 g/mol. The second-order valence-corrected chi connectivity index (χ2v) is 12.4. The fraction of sp³-hybridized carbons (Fsp3) is 0.533. The van der Waals surface area contributed by atoms with Gasteiger partial charge in [-0.25, -0.2) is 9.59 Å². The van der Waals surface area contributed by atoms with Crippen molar-refractivity contribution in [2.24, 2.45) is 0 Å². The van der Waals surface area contributed by atoms with Gasteiger partial charge in [-0.1, -0.05) is 24.3 Å². The maximum Gasteiger partial charge on any atom is 0.315 e. The molecule has 0 aromatic heterocycles. The Morgan fingerprint density at radius 3 is 1.42 bits per heavy atom. The molecule has 0 spiro atoms. The number of carbonyl (C=O) groups excluding carboxylic acids is 2. The number of rotatable bonds is 3. The summed E-state index contributed by atoms with van der Waals surface area (Å²) in [5.41, 5.74) is 6.77. The van der Waals surface area contributed by atoms with Crippen molar-refractivity contribution in [2.75, 3.05) is 0 Å². The first-order chi connectivity index (χ1) is 16.9. The summed E-state index contributed by atoms with van der Waals surface area (Å²) >= 11 is 0. The van der Waals surface area contributed by atoms with Crippen molar-refractivity contribution in [3.05, 3.63) is 58.7 Å². The molecule has 2 atom stereocenters. The summed E-state index contributed by atoms with van der Waals surface area (Å²) in [7, 11) is 0. The minimum Gasteiger partial charge on any atom is -0.334 e. The summed E-state index contributed by atoms with van der Waals surface area (Å²) in [6, 6.07) is 13.1. The van der Waals surface area contributed by atoms with Gasteiger partial charge in [0.25, 0.3) is 0 Å². The molecule has 36 heavy (non-hydrogen) atoms. The SMILES string of the molecule is CC(C)(C)NC(=O)NC1CCCc2ccc(-c3ccc4c(c3)C(NC(=O)NC(C)(C)C)CCC4)cc21. The lowest BCUT2D eigenvalue weighted by Gasteiger charge is -2.30. The zero-order valence-corrected chi connectivity index (χ0v) is 22.7. The Bertz CT molecular complexity index is 1040. The van der Waals surface area contributed by atoms with Gasteiger partial charge in [0.1, 0.15) is 0 Å². The molecule has 0 saturated heterocycles. The number of nitrogens with one attached hydrogen (secondary N) is 4. The van der Waals surface area contributed by atoms with Crippen molar-refractivity contribution in [1.29, 1.82) is 0 Å². The Kier molecular flexibility index (Phi) is 7.35. The van der Waals surface area contributed by atoms with Gasteiger partial charge in [-0.15, -0.1) is 0 Å². The number of urea groups is 2. The Hall–Kier alpha value is -3.02. The van der Waals surface area contributed by atoms with Crippen LogP contribution in [-0.2, 0) is 12.8 Å². The molecular formula is C30H42N4O2. The molecule has 0 heterocycles. The van der Waals surface area contributed by atoms with E-state index < -0.39 is 0 Å². The number of carbonyl (C=O) groups is 2. The van der Waals surface area contributed by atoms with E-state index >= 15 is 0 Å². The highest BCUT2D eigenvalue weighted by atomic mass is 16.2. The highest BCUT2D eigenvalue weighted by Crippen LogP contribution is 2.36. The van der Waals surface area contributed by atoms with Crippen LogP contribution in [0.25, 0.3) is 11.1 Å². The van der Waals surface area contributed by atoms with E-state index in [1.165, 1.54) is 22.3 Å². The van der Waals surface area contributed by atoms with Gasteiger partial charge in [-0.05, 0) is 126 Å². The van der Waals surface area contributed by atoms with E-state index in [9.17, 15) is 9.59 Å². The normalized spacial score (nSPS) is 19.5. The summed E-state index contributed by atoms with van der Waals surface area (Å²) in [5, 5.41) is 12.5. The van der Waals surface area contributed by atoms with Crippen molar-refractivity contribution in [1.82, 2.24) is 21.3 Å². The lowest BCUT2D eigenvalue weighted by atomic mass is 9.83. The van der Waals surface area contributed by atoms with Crippen LogP contribution in [0.2, 0.25) is 0 Å². The van der Waals surface area contributed by atoms with Crippen LogP contribution < -0.4 is 21.3 Å². The Balaban J connectivity index is 1.58. The minimum absolute atomic E-state index is 0.00388. The van der Waals surface area contributed by atoms with Gasteiger partial charge in [-0.3, -0.25) is 0 Å². The Morgan fingerprint density at radius 1 is 0.667 bits per heavy atom. The minimum atomic E-state index is -0.277. The molecule has 4 N–H and O–H groups in total. The number of hydrogen-bond acceptors (Lipinski definition) is 2. The first-order valence-corrected chi connectivity index (χ1v) is 13.3. The first-order valence-electron chi connectivity index (χ1n) is 13.3. The zero-order chi connectivity index (χ0) is 26.1. The number of aryl methyl sites for hydroxylation is 2. The molecule has 2 aliphatic rings. The monoisotopic (exact) mass is 490 g/mol. The quantitative estimate of drug-likeness (QED) is 0.407. The molecule has 2 aromatic rings. The average Bonchev–Trinajstić information content (AvgIpc) is 2.76. The Morgan fingerprint density at radius 2 is 1.06 bits per heavy atom. The molecule has 2 unspecified atom stereocenters. The highest BCUT2D eigenvalue weighted by Gasteiger charge is 2.26. The number of hydrogen-bond donors (Lipinski definition) is 4. The van der Waals surface area contributed by atoms with E-state index in [1.807, 2.05) is 41.5 Å². The number of amides is 4. The van der Waals surface area contributed by atoms with Crippen LogP contribution in [0.5, 0.6) is 0 Å². The maximum absolute atomic E-state index is 12.6. The molecule has 2 aliphatic carbocycles. The molecule has 6 nitrogen and oxygen atoms in total. The van der Waals surface area contributed by atoms with Gasteiger partial charge < -0.3 is 21.3 Å². The molecule has 0 radical (unpaired) electrons. The van der Waals surface area contributed by atoms with E-state index in [4.69, 9.17) is 0 Å². The van der Waals surface area contributed by atoms with E-state index in [2.05, 4.69) is 57.7 Å². The summed E-state index contributed by atoms with van der Waals surface area (Å²) in [6.45, 7) is 11.9. The van der Waals surface area contributed by atoms with Gasteiger partial charge in [0.15, 0.2) is 0 Å². The molecule has 194 valence electrons. The molecule has 0 fully saturated rings. The number of fused-ring (bicyclic) bond motifs is 2. The topological polar surface area (TPSA) is 82.3 Å². The van der Waals surface area contributed by atoms with Gasteiger partial charge in [-0.2, -0.15) is 0 Å². The van der Waals surface area contributed by atoms with E-state index in [0.29, 0.717) is 0 Å². The molecule has 0 bridgehead atoms. The second-order valence-electron chi connectivity index (χ2n) is 12.4. The van der Waals surface area contributed by atoms with E-state index in [0.717, 1.165) is 49.7 Å². The standard InChI is InChI=1S/C30H42N4O2/c1-29(2,3)33-27(35)31-25-11-7-9-19-13-15-21(17-23(19)25)22-16-14-20-10-8-12-26(24(20)18-22)32-28(36)34-30(4,5)6/h13-18,25-26H,7-12H2,1-6H3,(H2,31,33,35)(H2,32,34,36). The molecule has 0 aliphatic heterocycles. The summed E-state index contributed by atoms with van der Waals surface area (Å²) in [4.78, 5) is 25.2. The van der Waals surface area contributed by atoms with Crippen LogP contribution in [0.3, 0.4) is 0 Å². The van der Waals surface area contributed by atoms with Crippen molar-refractivity contribution < 1.29 is 9.59 Å². The molecule has 4 amide bonds. The Labute approximate surface area is 216 Å². The third-order valence-electron chi connectivity index (χ3n) is 6.84. The van der Waals surface area contributed by atoms with Crippen LogP contribution in [0.4, 0.5) is 9.59 Å². The number of benzene rings is 2. The lowest BCUT2D eigenvalue weighted by molar-refractivity contribution is 0.225. The van der Waals surface area contributed by atoms with Crippen LogP contribution >= 0.6 is 0 Å². The molecule has 2 aromatic carbocycles. The van der Waals surface area contributed by atoms with Crippen LogP contribution in [0, 0.1) is 0 Å². The van der Waals surface area contributed by atoms with Crippen molar-refractivity contribution in [3.8, 4) is 11.1 Å². The predicted molar refractivity (Wildman–Crippen MR) is 146 cm³/mol. The molecular weight excluding hydrogens is 448 g/mol. The summed E-state index contributed by atoms with van der Waals surface area (Å²) < 4.78 is 0. The smallest absolute Gasteiger partial charge is 0.315 e. The molecule has 0 saturated carbocycles. The fourth-order valence-corrected chi connectivity index (χ4v) is 5.33. The van der Waals surface area contributed by atoms with Crippen LogP contribution in [0.15, 0.2) is 36.4 Å². The molecule has 4 rings (SSSR count). The third-order valence-corrected chi connectivity index (χ3v) is 6.84. The molecule has 6 heteroatoms. The first kappa shape index (κ1) is 26.1. The summed E-state index contributed by atoms with van der Waals surface area (Å²) in [5.74, 6) is 0. The largest absolute Gasteiger partial charge is 0.334 e. The van der Waals surface area contributed by atoms with Crippen molar-refractivity contribution in [3.63, 3.8) is 0 Å². The van der Waals surface area contributed by atoms with Crippen LogP contribution in [0.1, 0.15) is 102 Å². The van der Waals surface area contributed by atoms with Gasteiger partial charge in [0, 0.05) is 11.1 Å². The fourth-order valence-electron chi connectivity index (χ4n) is 5.33. The van der Waals surface area contributed by atoms with Gasteiger partial charge in [0.05, 0.1) is 12.1 Å². The van der Waals surface area contributed by atoms with Crippen LogP contribution in [-0.4, -0.2) is 23.1 Å². The maximum atomic E-state index is 12.6. The van der Waals surface area contributed by atoms with E-state index in [1.54, 1.807) is 0 Å². The highest BCUT2D eigenvalue weighted by molar-refractivity contribution is 5.76. The van der Waals surface area contributed by atoms with Gasteiger partial charge in [0.2, 0.25) is 0 Å². The van der Waals surface area contributed by atoms with E-state index in [-0.39, 0.29) is 35.2 Å².